The SMILES string of the molecule is COCC1CC2(CCN(c3ccc(C)nn3)CC2)CO1.O=C(O)C(F)(F)F. The quantitative estimate of drug-likeness (QED) is 0.847. The second-order valence-electron chi connectivity index (χ2n) is 6.92. The number of nitrogens with zero attached hydrogens (tertiary/aromatic N) is 3. The van der Waals surface area contributed by atoms with Gasteiger partial charge in [0.15, 0.2) is 5.82 Å². The van der Waals surface area contributed by atoms with E-state index in [0.29, 0.717) is 5.41 Å². The van der Waals surface area contributed by atoms with Crippen LogP contribution in [0.1, 0.15) is 25.0 Å². The maximum Gasteiger partial charge on any atom is 0.490 e. The van der Waals surface area contributed by atoms with Crippen LogP contribution in [0.4, 0.5) is 19.0 Å². The van der Waals surface area contributed by atoms with Crippen LogP contribution in [0.5, 0.6) is 0 Å². The van der Waals surface area contributed by atoms with Crippen LogP contribution < -0.4 is 4.90 Å². The number of carboxylic acids is 1. The van der Waals surface area contributed by atoms with Crippen molar-refractivity contribution in [2.45, 2.75) is 38.5 Å². The number of halogens is 3. The fraction of sp³-hybridized carbons (Fsp3) is 0.706. The lowest BCUT2D eigenvalue weighted by Crippen LogP contribution is -2.41. The van der Waals surface area contributed by atoms with E-state index in [9.17, 15) is 13.2 Å². The highest BCUT2D eigenvalue weighted by atomic mass is 19.4. The molecule has 152 valence electrons. The summed E-state index contributed by atoms with van der Waals surface area (Å²) < 4.78 is 42.8. The molecule has 2 saturated heterocycles. The van der Waals surface area contributed by atoms with E-state index in [4.69, 9.17) is 19.4 Å². The number of piperidine rings is 1. The van der Waals surface area contributed by atoms with Gasteiger partial charge in [0.2, 0.25) is 0 Å². The Morgan fingerprint density at radius 2 is 2.00 bits per heavy atom. The van der Waals surface area contributed by atoms with E-state index in [-0.39, 0.29) is 6.10 Å². The van der Waals surface area contributed by atoms with Gasteiger partial charge in [0.05, 0.1) is 25.0 Å². The highest BCUT2D eigenvalue weighted by molar-refractivity contribution is 5.73. The van der Waals surface area contributed by atoms with Crippen molar-refractivity contribution in [2.75, 3.05) is 38.3 Å². The van der Waals surface area contributed by atoms with E-state index < -0.39 is 12.1 Å². The summed E-state index contributed by atoms with van der Waals surface area (Å²) in [6.45, 7) is 5.65. The summed E-state index contributed by atoms with van der Waals surface area (Å²) in [7, 11) is 1.74. The molecule has 2 fully saturated rings. The van der Waals surface area contributed by atoms with Gasteiger partial charge in [-0.3, -0.25) is 0 Å². The molecule has 27 heavy (non-hydrogen) atoms. The smallest absolute Gasteiger partial charge is 0.475 e. The second-order valence-corrected chi connectivity index (χ2v) is 6.92. The third-order valence-corrected chi connectivity index (χ3v) is 4.81. The number of hydrogen-bond donors (Lipinski definition) is 1. The first-order valence-electron chi connectivity index (χ1n) is 8.61. The summed E-state index contributed by atoms with van der Waals surface area (Å²) in [5, 5.41) is 15.6. The summed E-state index contributed by atoms with van der Waals surface area (Å²) in [6, 6.07) is 4.10. The number of anilines is 1. The summed E-state index contributed by atoms with van der Waals surface area (Å²) in [4.78, 5) is 11.2. The molecule has 1 aromatic rings. The van der Waals surface area contributed by atoms with Crippen LogP contribution >= 0.6 is 0 Å². The zero-order valence-corrected chi connectivity index (χ0v) is 15.3. The van der Waals surface area contributed by atoms with Crippen molar-refractivity contribution in [1.82, 2.24) is 10.2 Å². The van der Waals surface area contributed by atoms with Gasteiger partial charge in [-0.1, -0.05) is 0 Å². The molecule has 0 bridgehead atoms. The van der Waals surface area contributed by atoms with Gasteiger partial charge >= 0.3 is 12.1 Å². The molecule has 0 saturated carbocycles. The summed E-state index contributed by atoms with van der Waals surface area (Å²) in [5.74, 6) is -1.76. The molecule has 0 aromatic carbocycles. The maximum atomic E-state index is 10.6. The number of carboxylic acid groups (broad SMARTS) is 1. The first-order chi connectivity index (χ1) is 12.6. The van der Waals surface area contributed by atoms with Crippen molar-refractivity contribution in [3.8, 4) is 0 Å². The molecule has 3 rings (SSSR count). The van der Waals surface area contributed by atoms with Gasteiger partial charge in [-0.25, -0.2) is 4.79 Å². The number of ether oxygens (including phenoxy) is 2. The van der Waals surface area contributed by atoms with E-state index in [1.807, 2.05) is 13.0 Å². The lowest BCUT2D eigenvalue weighted by molar-refractivity contribution is -0.192. The van der Waals surface area contributed by atoms with E-state index in [1.165, 1.54) is 12.8 Å². The van der Waals surface area contributed by atoms with Crippen molar-refractivity contribution in [3.63, 3.8) is 0 Å². The Balaban J connectivity index is 0.000000321. The monoisotopic (exact) mass is 391 g/mol. The number of hydrogen-bond acceptors (Lipinski definition) is 6. The number of rotatable bonds is 3. The Hall–Kier alpha value is -1.94. The van der Waals surface area contributed by atoms with Crippen LogP contribution in [0.25, 0.3) is 0 Å². The molecular weight excluding hydrogens is 367 g/mol. The van der Waals surface area contributed by atoms with Crippen molar-refractivity contribution in [2.24, 2.45) is 5.41 Å². The zero-order valence-electron chi connectivity index (χ0n) is 15.3. The van der Waals surface area contributed by atoms with E-state index >= 15 is 0 Å². The average Bonchev–Trinajstić information content (AvgIpc) is 2.99. The van der Waals surface area contributed by atoms with Crippen LogP contribution in [0.3, 0.4) is 0 Å². The predicted octanol–water partition coefficient (Wildman–Crippen LogP) is 2.44. The number of aryl methyl sites for hydroxylation is 1. The third kappa shape index (κ3) is 6.03. The molecule has 1 spiro atoms. The molecule has 1 aromatic heterocycles. The average molecular weight is 391 g/mol. The fourth-order valence-electron chi connectivity index (χ4n) is 3.31. The first-order valence-corrected chi connectivity index (χ1v) is 8.61. The Morgan fingerprint density at radius 3 is 2.48 bits per heavy atom. The predicted molar refractivity (Wildman–Crippen MR) is 90.6 cm³/mol. The molecule has 1 unspecified atom stereocenters. The second kappa shape index (κ2) is 8.83. The van der Waals surface area contributed by atoms with E-state index in [2.05, 4.69) is 21.2 Å². The topological polar surface area (TPSA) is 84.8 Å². The lowest BCUT2D eigenvalue weighted by Gasteiger charge is -2.38. The van der Waals surface area contributed by atoms with Crippen LogP contribution in [0.2, 0.25) is 0 Å². The van der Waals surface area contributed by atoms with Crippen molar-refractivity contribution in [1.29, 1.82) is 0 Å². The largest absolute Gasteiger partial charge is 0.490 e. The van der Waals surface area contributed by atoms with Crippen LogP contribution in [-0.2, 0) is 14.3 Å². The number of aromatic nitrogens is 2. The van der Waals surface area contributed by atoms with E-state index in [1.54, 1.807) is 7.11 Å². The van der Waals surface area contributed by atoms with E-state index in [0.717, 1.165) is 44.2 Å². The van der Waals surface area contributed by atoms with Crippen LogP contribution in [-0.4, -0.2) is 67.0 Å². The first kappa shape index (κ1) is 21.4. The Morgan fingerprint density at radius 1 is 1.37 bits per heavy atom. The molecule has 10 heteroatoms. The summed E-state index contributed by atoms with van der Waals surface area (Å²) >= 11 is 0. The number of aliphatic carboxylic acids is 1. The van der Waals surface area contributed by atoms with Gasteiger partial charge in [0.1, 0.15) is 0 Å². The van der Waals surface area contributed by atoms with Gasteiger partial charge in [-0.05, 0) is 43.7 Å². The third-order valence-electron chi connectivity index (χ3n) is 4.81. The van der Waals surface area contributed by atoms with Crippen LogP contribution in [0.15, 0.2) is 12.1 Å². The summed E-state index contributed by atoms with van der Waals surface area (Å²) in [6.07, 6.45) is -1.33. The van der Waals surface area contributed by atoms with Gasteiger partial charge in [-0.15, -0.1) is 5.10 Å². The van der Waals surface area contributed by atoms with Gasteiger partial charge in [0, 0.05) is 20.2 Å². The molecule has 1 atom stereocenters. The number of alkyl halides is 3. The Labute approximate surface area is 155 Å². The van der Waals surface area contributed by atoms with Gasteiger partial charge in [-0.2, -0.15) is 18.3 Å². The van der Waals surface area contributed by atoms with Crippen LogP contribution in [0, 0.1) is 12.3 Å². The Bertz CT molecular complexity index is 617. The molecule has 0 aliphatic carbocycles. The van der Waals surface area contributed by atoms with Gasteiger partial charge < -0.3 is 19.5 Å². The minimum atomic E-state index is -5.08. The Kier molecular flexibility index (Phi) is 6.99. The van der Waals surface area contributed by atoms with Gasteiger partial charge in [0.25, 0.3) is 0 Å². The minimum absolute atomic E-state index is 0.283. The molecule has 2 aliphatic rings. The number of methoxy groups -OCH3 is 1. The normalized spacial score (nSPS) is 21.7. The molecule has 3 heterocycles. The standard InChI is InChI=1S/C15H23N3O2.C2HF3O2/c1-12-3-4-14(17-16-12)18-7-5-15(6-8-18)9-13(10-19-2)20-11-15;3-2(4,5)1(6)7/h3-4,13H,5-11H2,1-2H3;(H,6,7). The zero-order chi connectivity index (χ0) is 20.1. The highest BCUT2D eigenvalue weighted by Crippen LogP contribution is 2.42. The molecule has 7 nitrogen and oxygen atoms in total. The lowest BCUT2D eigenvalue weighted by atomic mass is 9.77. The maximum absolute atomic E-state index is 10.6. The highest BCUT2D eigenvalue weighted by Gasteiger charge is 2.42. The molecule has 0 amide bonds. The molecule has 2 aliphatic heterocycles. The molecular formula is C17H24F3N3O4. The molecule has 1 N–H and O–H groups in total. The minimum Gasteiger partial charge on any atom is -0.475 e. The number of carbonyl (C=O) groups is 1. The molecule has 0 radical (unpaired) electrons. The summed E-state index contributed by atoms with van der Waals surface area (Å²) in [5.41, 5.74) is 1.33. The van der Waals surface area contributed by atoms with Crippen molar-refractivity contribution >= 4 is 11.8 Å². The fourth-order valence-corrected chi connectivity index (χ4v) is 3.31. The van der Waals surface area contributed by atoms with Crippen molar-refractivity contribution < 1.29 is 32.5 Å². The van der Waals surface area contributed by atoms with Crippen molar-refractivity contribution in [3.05, 3.63) is 17.8 Å².